The third-order valence-electron chi connectivity index (χ3n) is 12.8. The fraction of sp³-hybridized carbons (Fsp3) is 0.176. The third kappa shape index (κ3) is 4.10. The molecule has 0 radical (unpaired) electrons. The van der Waals surface area contributed by atoms with Gasteiger partial charge in [0.25, 0.3) is 0 Å². The molecule has 3 heterocycles. The molecule has 0 saturated carbocycles. The Morgan fingerprint density at radius 1 is 0.585 bits per heavy atom. The molecule has 53 heavy (non-hydrogen) atoms. The second kappa shape index (κ2) is 10.6. The summed E-state index contributed by atoms with van der Waals surface area (Å²) in [6.45, 7) is 11.9. The number of allylic oxidation sites excluding steroid dienone is 1. The molecule has 0 atom stereocenters. The Morgan fingerprint density at radius 3 is 2.13 bits per heavy atom. The Morgan fingerprint density at radius 2 is 1.30 bits per heavy atom. The van der Waals surface area contributed by atoms with E-state index < -0.39 is 0 Å². The van der Waals surface area contributed by atoms with E-state index in [9.17, 15) is 0 Å². The summed E-state index contributed by atoms with van der Waals surface area (Å²) in [5, 5.41) is 5.23. The van der Waals surface area contributed by atoms with Crippen molar-refractivity contribution in [3.05, 3.63) is 172 Å². The second-order valence-corrected chi connectivity index (χ2v) is 16.6. The van der Waals surface area contributed by atoms with Gasteiger partial charge in [-0.1, -0.05) is 125 Å². The van der Waals surface area contributed by atoms with Crippen molar-refractivity contribution >= 4 is 55.7 Å². The monoisotopic (exact) mass is 682 g/mol. The van der Waals surface area contributed by atoms with Gasteiger partial charge in [-0.15, -0.1) is 0 Å². The molecule has 7 aromatic carbocycles. The van der Waals surface area contributed by atoms with Crippen LogP contribution in [0.15, 0.2) is 133 Å². The summed E-state index contributed by atoms with van der Waals surface area (Å²) in [6.07, 6.45) is 6.80. The number of benzene rings is 7. The van der Waals surface area contributed by atoms with Crippen LogP contribution in [-0.2, 0) is 17.3 Å². The highest BCUT2D eigenvalue weighted by atomic mass is 15.1. The minimum atomic E-state index is -0.157. The molecule has 256 valence electrons. The number of hydrogen-bond donors (Lipinski definition) is 0. The van der Waals surface area contributed by atoms with Crippen molar-refractivity contribution in [3.8, 4) is 16.8 Å². The van der Waals surface area contributed by atoms with Gasteiger partial charge < -0.3 is 9.47 Å². The summed E-state index contributed by atoms with van der Waals surface area (Å²) in [7, 11) is 0. The van der Waals surface area contributed by atoms with Crippen LogP contribution in [0.25, 0.3) is 55.5 Å². The molecular weight excluding hydrogens is 641 g/mol. The smallest absolute Gasteiger partial charge is 0.0582 e. The molecular formula is C51H42N2. The van der Waals surface area contributed by atoms with E-state index in [0.29, 0.717) is 0 Å². The van der Waals surface area contributed by atoms with E-state index in [1.165, 1.54) is 105 Å². The Labute approximate surface area is 311 Å². The quantitative estimate of drug-likeness (QED) is 0.179. The molecule has 0 N–H and O–H groups in total. The minimum Gasteiger partial charge on any atom is -0.310 e. The standard InChI is InChI=1S/C51H42N2/c1-31-13-10-16-35(27-31)52(36-24-23-32-14-6-7-15-33(32)28-36)46-26-25-37(38-17-8-9-18-39(38)46)34-29-41-40-19-11-20-42-47(40)53-48(41)45(30-34)51(4,5)44-22-12-21-43(49(44)53)50(42,2)3/h6-7,9-16,18-30H,8,17H2,1-5H3. The first-order chi connectivity index (χ1) is 25.7. The highest BCUT2D eigenvalue weighted by Gasteiger charge is 2.43. The van der Waals surface area contributed by atoms with Crippen LogP contribution in [0.1, 0.15) is 73.1 Å². The molecule has 1 aliphatic carbocycles. The number of hydrogen-bond acceptors (Lipinski definition) is 1. The normalized spacial score (nSPS) is 15.7. The SMILES string of the molecule is Cc1cccc(N(c2ccc3ccccc3c2)c2ccc(-c3cc4c5c(c3)c3cccc6c3n5-c3c(cccc3C4(C)C)C6(C)C)c3c2C=CCC3)c1. The molecule has 0 unspecified atom stereocenters. The van der Waals surface area contributed by atoms with Crippen molar-refractivity contribution in [2.75, 3.05) is 4.90 Å². The van der Waals surface area contributed by atoms with E-state index in [1.54, 1.807) is 0 Å². The number of anilines is 3. The van der Waals surface area contributed by atoms with Gasteiger partial charge >= 0.3 is 0 Å². The Kier molecular flexibility index (Phi) is 6.15. The van der Waals surface area contributed by atoms with Gasteiger partial charge in [0.15, 0.2) is 0 Å². The molecule has 0 saturated heterocycles. The van der Waals surface area contributed by atoms with E-state index in [1.807, 2.05) is 0 Å². The number of fused-ring (bicyclic) bond motifs is 3. The Bertz CT molecular complexity index is 2910. The zero-order valence-corrected chi connectivity index (χ0v) is 31.1. The average Bonchev–Trinajstić information content (AvgIpc) is 3.51. The molecule has 8 aromatic rings. The van der Waals surface area contributed by atoms with Crippen LogP contribution in [0, 0.1) is 6.92 Å². The molecule has 0 bridgehead atoms. The van der Waals surface area contributed by atoms with Crippen molar-refractivity contribution in [3.63, 3.8) is 0 Å². The second-order valence-electron chi connectivity index (χ2n) is 16.6. The van der Waals surface area contributed by atoms with Crippen LogP contribution < -0.4 is 4.90 Å². The largest absolute Gasteiger partial charge is 0.310 e. The van der Waals surface area contributed by atoms with E-state index in [0.717, 1.165) is 12.8 Å². The predicted molar refractivity (Wildman–Crippen MR) is 225 cm³/mol. The van der Waals surface area contributed by atoms with Crippen molar-refractivity contribution < 1.29 is 0 Å². The molecule has 2 aliphatic heterocycles. The molecule has 11 rings (SSSR count). The lowest BCUT2D eigenvalue weighted by Gasteiger charge is -2.42. The van der Waals surface area contributed by atoms with Crippen molar-refractivity contribution in [1.82, 2.24) is 4.57 Å². The maximum absolute atomic E-state index is 2.63. The van der Waals surface area contributed by atoms with Gasteiger partial charge in [-0.05, 0) is 118 Å². The fourth-order valence-corrected chi connectivity index (χ4v) is 10.1. The maximum atomic E-state index is 2.63. The van der Waals surface area contributed by atoms with Gasteiger partial charge in [0.1, 0.15) is 0 Å². The van der Waals surface area contributed by atoms with Gasteiger partial charge in [0.05, 0.1) is 22.4 Å². The number of aryl methyl sites for hydroxylation is 1. The summed E-state index contributed by atoms with van der Waals surface area (Å²) in [5.74, 6) is 0. The molecule has 0 spiro atoms. The van der Waals surface area contributed by atoms with E-state index >= 15 is 0 Å². The average molecular weight is 683 g/mol. The van der Waals surface area contributed by atoms with Gasteiger partial charge in [-0.25, -0.2) is 0 Å². The van der Waals surface area contributed by atoms with E-state index in [4.69, 9.17) is 0 Å². The van der Waals surface area contributed by atoms with Crippen LogP contribution in [0.3, 0.4) is 0 Å². The molecule has 1 aromatic heterocycles. The summed E-state index contributed by atoms with van der Waals surface area (Å²) in [4.78, 5) is 2.47. The van der Waals surface area contributed by atoms with Crippen molar-refractivity contribution in [1.29, 1.82) is 0 Å². The van der Waals surface area contributed by atoms with Gasteiger partial charge in [-0.3, -0.25) is 0 Å². The first kappa shape index (κ1) is 30.7. The predicted octanol–water partition coefficient (Wildman–Crippen LogP) is 13.6. The first-order valence-corrected chi connectivity index (χ1v) is 19.2. The zero-order valence-electron chi connectivity index (χ0n) is 31.1. The topological polar surface area (TPSA) is 8.17 Å². The van der Waals surface area contributed by atoms with Gasteiger partial charge in [0.2, 0.25) is 0 Å². The highest BCUT2D eigenvalue weighted by molar-refractivity contribution is 6.15. The number of nitrogens with zero attached hydrogens (tertiary/aromatic N) is 2. The molecule has 2 nitrogen and oxygen atoms in total. The summed E-state index contributed by atoms with van der Waals surface area (Å²) < 4.78 is 2.63. The zero-order chi connectivity index (χ0) is 35.8. The number of para-hydroxylation sites is 2. The van der Waals surface area contributed by atoms with E-state index in [-0.39, 0.29) is 10.8 Å². The molecule has 2 heteroatoms. The Balaban J connectivity index is 1.18. The maximum Gasteiger partial charge on any atom is 0.0582 e. The minimum absolute atomic E-state index is 0.0823. The summed E-state index contributed by atoms with van der Waals surface area (Å²) in [5.41, 5.74) is 19.8. The number of aromatic nitrogens is 1. The molecule has 3 aliphatic rings. The van der Waals surface area contributed by atoms with Crippen LogP contribution in [0.4, 0.5) is 17.1 Å². The van der Waals surface area contributed by atoms with E-state index in [2.05, 4.69) is 184 Å². The first-order valence-electron chi connectivity index (χ1n) is 19.2. The van der Waals surface area contributed by atoms with Crippen molar-refractivity contribution in [2.45, 2.75) is 58.3 Å². The van der Waals surface area contributed by atoms with Crippen LogP contribution >= 0.6 is 0 Å². The fourth-order valence-electron chi connectivity index (χ4n) is 10.1. The lowest BCUT2D eigenvalue weighted by molar-refractivity contribution is 0.594. The van der Waals surface area contributed by atoms with Crippen LogP contribution in [0.5, 0.6) is 0 Å². The summed E-state index contributed by atoms with van der Waals surface area (Å²) >= 11 is 0. The lowest BCUT2D eigenvalue weighted by atomic mass is 9.68. The molecule has 0 fully saturated rings. The Hall–Kier alpha value is -5.86. The number of rotatable bonds is 4. The molecule has 0 amide bonds. The highest BCUT2D eigenvalue weighted by Crippen LogP contribution is 2.56. The van der Waals surface area contributed by atoms with Gasteiger partial charge in [-0.2, -0.15) is 0 Å². The third-order valence-corrected chi connectivity index (χ3v) is 12.8. The van der Waals surface area contributed by atoms with Crippen LogP contribution in [0.2, 0.25) is 0 Å². The van der Waals surface area contributed by atoms with Crippen molar-refractivity contribution in [2.24, 2.45) is 0 Å². The van der Waals surface area contributed by atoms with Gasteiger partial charge in [0, 0.05) is 38.5 Å². The lowest BCUT2D eigenvalue weighted by Crippen LogP contribution is -2.33. The van der Waals surface area contributed by atoms with Crippen LogP contribution in [-0.4, -0.2) is 4.57 Å². The summed E-state index contributed by atoms with van der Waals surface area (Å²) in [6, 6.07) is 48.3.